The first-order valence-electron chi connectivity index (χ1n) is 7.34. The lowest BCUT2D eigenvalue weighted by atomic mass is 9.93. The number of aryl methyl sites for hydroxylation is 2. The maximum atomic E-state index is 13.2. The van der Waals surface area contributed by atoms with Crippen molar-refractivity contribution in [2.75, 3.05) is 0 Å². The van der Waals surface area contributed by atoms with Crippen molar-refractivity contribution < 1.29 is 4.39 Å². The number of benzene rings is 1. The zero-order valence-corrected chi connectivity index (χ0v) is 11.9. The Hall–Kier alpha value is -1.61. The summed E-state index contributed by atoms with van der Waals surface area (Å²) in [5.41, 5.74) is 11.2. The van der Waals surface area contributed by atoms with Crippen LogP contribution in [0.25, 0.3) is 0 Å². The van der Waals surface area contributed by atoms with Crippen molar-refractivity contribution in [3.63, 3.8) is 0 Å². The molecule has 0 spiro atoms. The molecule has 1 atom stereocenters. The first-order valence-corrected chi connectivity index (χ1v) is 7.34. The van der Waals surface area contributed by atoms with Gasteiger partial charge in [0.2, 0.25) is 0 Å². The van der Waals surface area contributed by atoms with E-state index in [4.69, 9.17) is 5.73 Å². The molecule has 0 bridgehead atoms. The minimum Gasteiger partial charge on any atom is -0.348 e. The monoisotopic (exact) mass is 272 g/mol. The molecule has 1 aliphatic carbocycles. The second kappa shape index (κ2) is 5.41. The van der Waals surface area contributed by atoms with Crippen LogP contribution >= 0.6 is 0 Å². The van der Waals surface area contributed by atoms with Crippen molar-refractivity contribution in [2.24, 2.45) is 5.73 Å². The minimum atomic E-state index is -0.157. The van der Waals surface area contributed by atoms with Gasteiger partial charge in [0.05, 0.1) is 0 Å². The summed E-state index contributed by atoms with van der Waals surface area (Å²) in [6.45, 7) is 3.04. The van der Waals surface area contributed by atoms with Gasteiger partial charge in [-0.2, -0.15) is 0 Å². The van der Waals surface area contributed by atoms with E-state index < -0.39 is 0 Å². The van der Waals surface area contributed by atoms with Crippen LogP contribution < -0.4 is 5.73 Å². The Morgan fingerprint density at radius 1 is 1.35 bits per heavy atom. The number of aromatic nitrogens is 1. The van der Waals surface area contributed by atoms with E-state index in [1.54, 1.807) is 12.1 Å². The Morgan fingerprint density at radius 2 is 2.20 bits per heavy atom. The average molecular weight is 272 g/mol. The lowest BCUT2D eigenvalue weighted by Gasteiger charge is -2.21. The van der Waals surface area contributed by atoms with E-state index in [1.165, 1.54) is 23.0 Å². The second-order valence-corrected chi connectivity index (χ2v) is 5.72. The van der Waals surface area contributed by atoms with Crippen LogP contribution in [0, 0.1) is 12.7 Å². The number of fused-ring (bicyclic) bond motifs is 1. The van der Waals surface area contributed by atoms with Crippen LogP contribution in [0.15, 0.2) is 30.3 Å². The van der Waals surface area contributed by atoms with Gasteiger partial charge in [-0.05, 0) is 61.9 Å². The van der Waals surface area contributed by atoms with Crippen molar-refractivity contribution in [3.05, 3.63) is 58.7 Å². The highest BCUT2D eigenvalue weighted by Crippen LogP contribution is 2.30. The average Bonchev–Trinajstić information content (AvgIpc) is 2.74. The van der Waals surface area contributed by atoms with E-state index in [0.29, 0.717) is 0 Å². The van der Waals surface area contributed by atoms with E-state index in [1.807, 2.05) is 6.07 Å². The molecule has 106 valence electrons. The Labute approximate surface area is 119 Å². The SMILES string of the molecule is Cc1cc2c(n1CCc1cccc(F)c1)CCCC2N. The second-order valence-electron chi connectivity index (χ2n) is 5.72. The van der Waals surface area contributed by atoms with Gasteiger partial charge in [-0.1, -0.05) is 12.1 Å². The van der Waals surface area contributed by atoms with Crippen molar-refractivity contribution >= 4 is 0 Å². The number of rotatable bonds is 3. The molecule has 3 heteroatoms. The smallest absolute Gasteiger partial charge is 0.123 e. The van der Waals surface area contributed by atoms with Gasteiger partial charge in [0, 0.05) is 24.0 Å². The molecule has 0 amide bonds. The molecular weight excluding hydrogens is 251 g/mol. The molecule has 2 aromatic rings. The molecule has 0 saturated carbocycles. The predicted octanol–water partition coefficient (Wildman–Crippen LogP) is 3.51. The van der Waals surface area contributed by atoms with Crippen LogP contribution in [-0.2, 0) is 19.4 Å². The normalized spacial score (nSPS) is 18.1. The third-order valence-electron chi connectivity index (χ3n) is 4.29. The van der Waals surface area contributed by atoms with Gasteiger partial charge in [-0.25, -0.2) is 4.39 Å². The first-order chi connectivity index (χ1) is 9.65. The molecule has 2 nitrogen and oxygen atoms in total. The third kappa shape index (κ3) is 2.50. The number of nitrogens with two attached hydrogens (primary N) is 1. The molecule has 0 fully saturated rings. The maximum Gasteiger partial charge on any atom is 0.123 e. The zero-order chi connectivity index (χ0) is 14.1. The van der Waals surface area contributed by atoms with Crippen molar-refractivity contribution in [1.82, 2.24) is 4.57 Å². The van der Waals surface area contributed by atoms with Crippen LogP contribution in [0.4, 0.5) is 4.39 Å². The van der Waals surface area contributed by atoms with E-state index in [2.05, 4.69) is 17.6 Å². The molecule has 2 N–H and O–H groups in total. The van der Waals surface area contributed by atoms with Gasteiger partial charge in [0.15, 0.2) is 0 Å². The molecular formula is C17H21FN2. The van der Waals surface area contributed by atoms with Crippen molar-refractivity contribution in [1.29, 1.82) is 0 Å². The largest absolute Gasteiger partial charge is 0.348 e. The number of hydrogen-bond acceptors (Lipinski definition) is 1. The van der Waals surface area contributed by atoms with Gasteiger partial charge < -0.3 is 10.3 Å². The summed E-state index contributed by atoms with van der Waals surface area (Å²) in [4.78, 5) is 0. The highest BCUT2D eigenvalue weighted by atomic mass is 19.1. The molecule has 1 aliphatic rings. The fourth-order valence-corrected chi connectivity index (χ4v) is 3.24. The summed E-state index contributed by atoms with van der Waals surface area (Å²) in [6.07, 6.45) is 4.22. The molecule has 0 aliphatic heterocycles. The molecule has 0 radical (unpaired) electrons. The molecule has 0 saturated heterocycles. The highest BCUT2D eigenvalue weighted by molar-refractivity contribution is 5.32. The van der Waals surface area contributed by atoms with Gasteiger partial charge in [-0.15, -0.1) is 0 Å². The van der Waals surface area contributed by atoms with Gasteiger partial charge >= 0.3 is 0 Å². The first kappa shape index (κ1) is 13.4. The fraction of sp³-hybridized carbons (Fsp3) is 0.412. The Kier molecular flexibility index (Phi) is 3.62. The number of nitrogens with zero attached hydrogens (tertiary/aromatic N) is 1. The summed E-state index contributed by atoms with van der Waals surface area (Å²) < 4.78 is 15.6. The lowest BCUT2D eigenvalue weighted by molar-refractivity contribution is 0.536. The van der Waals surface area contributed by atoms with Crippen molar-refractivity contribution in [3.8, 4) is 0 Å². The predicted molar refractivity (Wildman–Crippen MR) is 79.1 cm³/mol. The Balaban J connectivity index is 1.81. The Bertz CT molecular complexity index is 615. The van der Waals surface area contributed by atoms with E-state index in [-0.39, 0.29) is 11.9 Å². The van der Waals surface area contributed by atoms with Crippen LogP contribution in [-0.4, -0.2) is 4.57 Å². The molecule has 1 aromatic heterocycles. The fourth-order valence-electron chi connectivity index (χ4n) is 3.24. The third-order valence-corrected chi connectivity index (χ3v) is 4.29. The standard InChI is InChI=1S/C17H21FN2/c1-12-10-15-16(19)6-3-7-17(15)20(12)9-8-13-4-2-5-14(18)11-13/h2,4-5,10-11,16H,3,6-9,19H2,1H3. The molecule has 1 aromatic carbocycles. The lowest BCUT2D eigenvalue weighted by Crippen LogP contribution is -2.18. The van der Waals surface area contributed by atoms with Crippen molar-refractivity contribution in [2.45, 2.75) is 45.2 Å². The topological polar surface area (TPSA) is 30.9 Å². The number of hydrogen-bond donors (Lipinski definition) is 1. The molecule has 1 heterocycles. The maximum absolute atomic E-state index is 13.2. The van der Waals surface area contributed by atoms with Crippen LogP contribution in [0.3, 0.4) is 0 Å². The molecule has 1 unspecified atom stereocenters. The summed E-state index contributed by atoms with van der Waals surface area (Å²) in [5, 5.41) is 0. The van der Waals surface area contributed by atoms with E-state index in [9.17, 15) is 4.39 Å². The van der Waals surface area contributed by atoms with Crippen LogP contribution in [0.2, 0.25) is 0 Å². The highest BCUT2D eigenvalue weighted by Gasteiger charge is 2.21. The van der Waals surface area contributed by atoms with Gasteiger partial charge in [0.1, 0.15) is 5.82 Å². The van der Waals surface area contributed by atoms with Crippen LogP contribution in [0.1, 0.15) is 41.4 Å². The summed E-state index contributed by atoms with van der Waals surface area (Å²) >= 11 is 0. The molecule has 20 heavy (non-hydrogen) atoms. The molecule has 3 rings (SSSR count). The quantitative estimate of drug-likeness (QED) is 0.910. The van der Waals surface area contributed by atoms with Gasteiger partial charge in [0.25, 0.3) is 0 Å². The van der Waals surface area contributed by atoms with Crippen LogP contribution in [0.5, 0.6) is 0 Å². The minimum absolute atomic E-state index is 0.157. The zero-order valence-electron chi connectivity index (χ0n) is 11.9. The van der Waals surface area contributed by atoms with Gasteiger partial charge in [-0.3, -0.25) is 0 Å². The van der Waals surface area contributed by atoms with E-state index in [0.717, 1.165) is 37.8 Å². The summed E-state index contributed by atoms with van der Waals surface area (Å²) in [5.74, 6) is -0.157. The Morgan fingerprint density at radius 3 is 3.00 bits per heavy atom. The summed E-state index contributed by atoms with van der Waals surface area (Å²) in [6, 6.07) is 9.29. The summed E-state index contributed by atoms with van der Waals surface area (Å²) in [7, 11) is 0. The number of halogens is 1. The van der Waals surface area contributed by atoms with E-state index >= 15 is 0 Å².